The first-order chi connectivity index (χ1) is 9.10. The monoisotopic (exact) mass is 259 g/mol. The summed E-state index contributed by atoms with van der Waals surface area (Å²) in [7, 11) is 0. The summed E-state index contributed by atoms with van der Waals surface area (Å²) in [5.41, 5.74) is 2.93. The van der Waals surface area contributed by atoms with Gasteiger partial charge in [0.2, 0.25) is 0 Å². The Labute approximate surface area is 110 Å². The largest absolute Gasteiger partial charge is 0.361 e. The lowest BCUT2D eigenvalue weighted by Crippen LogP contribution is -2.14. The van der Waals surface area contributed by atoms with E-state index < -0.39 is 5.82 Å². The summed E-state index contributed by atoms with van der Waals surface area (Å²) in [5.74, 6) is 0.384. The predicted octanol–water partition coefficient (Wildman–Crippen LogP) is 2.59. The molecular formula is C14H14FN3O. The van der Waals surface area contributed by atoms with Crippen LogP contribution in [0.1, 0.15) is 28.1 Å². The lowest BCUT2D eigenvalue weighted by atomic mass is 10.1. The molecule has 0 aliphatic heterocycles. The van der Waals surface area contributed by atoms with E-state index >= 15 is 0 Å². The van der Waals surface area contributed by atoms with Crippen molar-refractivity contribution in [3.8, 4) is 6.07 Å². The zero-order chi connectivity index (χ0) is 13.8. The van der Waals surface area contributed by atoms with Gasteiger partial charge in [-0.15, -0.1) is 0 Å². The summed E-state index contributed by atoms with van der Waals surface area (Å²) in [6, 6.07) is 6.25. The van der Waals surface area contributed by atoms with Crippen LogP contribution in [-0.2, 0) is 13.1 Å². The van der Waals surface area contributed by atoms with E-state index in [0.29, 0.717) is 18.7 Å². The quantitative estimate of drug-likeness (QED) is 0.916. The molecule has 1 aromatic carbocycles. The van der Waals surface area contributed by atoms with E-state index in [2.05, 4.69) is 10.5 Å². The molecule has 0 bridgehead atoms. The molecule has 0 fully saturated rings. The Morgan fingerprint density at radius 3 is 2.74 bits per heavy atom. The van der Waals surface area contributed by atoms with Gasteiger partial charge >= 0.3 is 0 Å². The van der Waals surface area contributed by atoms with E-state index in [1.165, 1.54) is 12.1 Å². The fourth-order valence-electron chi connectivity index (χ4n) is 1.90. The third-order valence-electron chi connectivity index (χ3n) is 2.90. The van der Waals surface area contributed by atoms with Gasteiger partial charge in [-0.2, -0.15) is 5.26 Å². The topological polar surface area (TPSA) is 61.9 Å². The van der Waals surface area contributed by atoms with Crippen LogP contribution in [0.15, 0.2) is 22.7 Å². The SMILES string of the molecule is Cc1noc(C)c1CNCc1cc(F)cc(C#N)c1. The van der Waals surface area contributed by atoms with Crippen molar-refractivity contribution in [3.05, 3.63) is 52.2 Å². The van der Waals surface area contributed by atoms with Crippen LogP contribution in [0.5, 0.6) is 0 Å². The number of aromatic nitrogens is 1. The first-order valence-corrected chi connectivity index (χ1v) is 5.92. The highest BCUT2D eigenvalue weighted by Gasteiger charge is 2.08. The van der Waals surface area contributed by atoms with Gasteiger partial charge < -0.3 is 9.84 Å². The van der Waals surface area contributed by atoms with Crippen LogP contribution in [-0.4, -0.2) is 5.16 Å². The van der Waals surface area contributed by atoms with Crippen molar-refractivity contribution in [1.29, 1.82) is 5.26 Å². The molecular weight excluding hydrogens is 245 g/mol. The Hall–Kier alpha value is -2.19. The molecule has 0 atom stereocenters. The van der Waals surface area contributed by atoms with Gasteiger partial charge in [0, 0.05) is 18.7 Å². The standard InChI is InChI=1S/C14H14FN3O/c1-9-14(10(2)19-18-9)8-17-7-12-3-11(6-16)4-13(15)5-12/h3-5,17H,7-8H2,1-2H3. The minimum Gasteiger partial charge on any atom is -0.361 e. The molecule has 19 heavy (non-hydrogen) atoms. The summed E-state index contributed by atoms with van der Waals surface area (Å²) in [6.45, 7) is 4.81. The number of hydrogen-bond donors (Lipinski definition) is 1. The number of hydrogen-bond acceptors (Lipinski definition) is 4. The lowest BCUT2D eigenvalue weighted by molar-refractivity contribution is 0.392. The molecule has 0 unspecified atom stereocenters. The van der Waals surface area contributed by atoms with Crippen molar-refractivity contribution >= 4 is 0 Å². The van der Waals surface area contributed by atoms with Gasteiger partial charge in [-0.25, -0.2) is 4.39 Å². The van der Waals surface area contributed by atoms with Gasteiger partial charge in [0.05, 0.1) is 17.3 Å². The Morgan fingerprint density at radius 2 is 2.11 bits per heavy atom. The van der Waals surface area contributed by atoms with Gasteiger partial charge in [-0.3, -0.25) is 0 Å². The lowest BCUT2D eigenvalue weighted by Gasteiger charge is -2.05. The van der Waals surface area contributed by atoms with Gasteiger partial charge in [-0.1, -0.05) is 5.16 Å². The van der Waals surface area contributed by atoms with Gasteiger partial charge in [0.25, 0.3) is 0 Å². The van der Waals surface area contributed by atoms with Crippen molar-refractivity contribution in [2.75, 3.05) is 0 Å². The third kappa shape index (κ3) is 3.18. The summed E-state index contributed by atoms with van der Waals surface area (Å²) >= 11 is 0. The van der Waals surface area contributed by atoms with Crippen molar-refractivity contribution in [3.63, 3.8) is 0 Å². The molecule has 0 spiro atoms. The molecule has 1 heterocycles. The summed E-state index contributed by atoms with van der Waals surface area (Å²) < 4.78 is 18.3. The molecule has 4 nitrogen and oxygen atoms in total. The number of benzene rings is 1. The molecule has 2 aromatic rings. The van der Waals surface area contributed by atoms with Crippen molar-refractivity contribution in [2.45, 2.75) is 26.9 Å². The van der Waals surface area contributed by atoms with Gasteiger partial charge in [0.1, 0.15) is 11.6 Å². The predicted molar refractivity (Wildman–Crippen MR) is 67.6 cm³/mol. The maximum Gasteiger partial charge on any atom is 0.138 e. The third-order valence-corrected chi connectivity index (χ3v) is 2.90. The van der Waals surface area contributed by atoms with E-state index in [-0.39, 0.29) is 0 Å². The van der Waals surface area contributed by atoms with Gasteiger partial charge in [0.15, 0.2) is 0 Å². The zero-order valence-corrected chi connectivity index (χ0v) is 10.8. The van der Waals surface area contributed by atoms with E-state index in [1.807, 2.05) is 19.9 Å². The second-order valence-electron chi connectivity index (χ2n) is 4.37. The number of rotatable bonds is 4. The molecule has 1 aromatic heterocycles. The van der Waals surface area contributed by atoms with Crippen LogP contribution >= 0.6 is 0 Å². The summed E-state index contributed by atoms with van der Waals surface area (Å²) in [6.07, 6.45) is 0. The van der Waals surface area contributed by atoms with Crippen LogP contribution in [0.2, 0.25) is 0 Å². The fraction of sp³-hybridized carbons (Fsp3) is 0.286. The second-order valence-corrected chi connectivity index (χ2v) is 4.37. The van der Waals surface area contributed by atoms with E-state index in [0.717, 1.165) is 22.6 Å². The Kier molecular flexibility index (Phi) is 3.93. The fourth-order valence-corrected chi connectivity index (χ4v) is 1.90. The molecule has 0 radical (unpaired) electrons. The van der Waals surface area contributed by atoms with Crippen molar-refractivity contribution < 1.29 is 8.91 Å². The number of aryl methyl sites for hydroxylation is 2. The molecule has 0 saturated heterocycles. The molecule has 2 rings (SSSR count). The minimum atomic E-state index is -0.395. The molecule has 5 heteroatoms. The van der Waals surface area contributed by atoms with Crippen LogP contribution in [0.25, 0.3) is 0 Å². The highest BCUT2D eigenvalue weighted by molar-refractivity contribution is 5.33. The summed E-state index contributed by atoms with van der Waals surface area (Å²) in [5, 5.41) is 15.8. The van der Waals surface area contributed by atoms with Crippen molar-refractivity contribution in [2.24, 2.45) is 0 Å². The number of nitriles is 1. The number of nitrogens with one attached hydrogen (secondary N) is 1. The molecule has 1 N–H and O–H groups in total. The average molecular weight is 259 g/mol. The van der Waals surface area contributed by atoms with E-state index in [1.54, 1.807) is 6.07 Å². The average Bonchev–Trinajstić information content (AvgIpc) is 2.69. The Morgan fingerprint density at radius 1 is 1.32 bits per heavy atom. The van der Waals surface area contributed by atoms with Crippen LogP contribution in [0.3, 0.4) is 0 Å². The zero-order valence-electron chi connectivity index (χ0n) is 10.8. The first kappa shape index (κ1) is 13.2. The molecule has 0 saturated carbocycles. The molecule has 0 amide bonds. The first-order valence-electron chi connectivity index (χ1n) is 5.92. The highest BCUT2D eigenvalue weighted by atomic mass is 19.1. The Bertz CT molecular complexity index is 609. The highest BCUT2D eigenvalue weighted by Crippen LogP contribution is 2.12. The molecule has 0 aliphatic rings. The molecule has 98 valence electrons. The van der Waals surface area contributed by atoms with E-state index in [9.17, 15) is 4.39 Å². The number of nitrogens with zero attached hydrogens (tertiary/aromatic N) is 2. The second kappa shape index (κ2) is 5.63. The summed E-state index contributed by atoms with van der Waals surface area (Å²) in [4.78, 5) is 0. The maximum absolute atomic E-state index is 13.2. The van der Waals surface area contributed by atoms with Crippen molar-refractivity contribution in [1.82, 2.24) is 10.5 Å². The minimum absolute atomic E-state index is 0.328. The molecule has 0 aliphatic carbocycles. The smallest absolute Gasteiger partial charge is 0.138 e. The van der Waals surface area contributed by atoms with E-state index in [4.69, 9.17) is 9.78 Å². The Balaban J connectivity index is 2.00. The number of halogens is 1. The normalized spacial score (nSPS) is 10.4. The van der Waals surface area contributed by atoms with Crippen LogP contribution in [0.4, 0.5) is 4.39 Å². The van der Waals surface area contributed by atoms with Crippen LogP contribution < -0.4 is 5.32 Å². The maximum atomic E-state index is 13.2. The van der Waals surface area contributed by atoms with Crippen LogP contribution in [0, 0.1) is 31.0 Å². The van der Waals surface area contributed by atoms with Gasteiger partial charge in [-0.05, 0) is 37.6 Å².